The van der Waals surface area contributed by atoms with Crippen LogP contribution in [0.4, 0.5) is 0 Å². The Morgan fingerprint density at radius 2 is 1.87 bits per heavy atom. The predicted molar refractivity (Wildman–Crippen MR) is 119 cm³/mol. The molecule has 0 aromatic carbocycles. The van der Waals surface area contributed by atoms with Crippen molar-refractivity contribution in [2.75, 3.05) is 26.2 Å². The number of aromatic nitrogens is 2. The Bertz CT molecular complexity index is 802. The molecule has 162 valence electrons. The fraction of sp³-hybridized carbons (Fsp3) is 0.583. The summed E-state index contributed by atoms with van der Waals surface area (Å²) in [5.41, 5.74) is 2.44. The van der Waals surface area contributed by atoms with E-state index in [9.17, 15) is 4.79 Å². The van der Waals surface area contributed by atoms with Gasteiger partial charge in [-0.15, -0.1) is 0 Å². The van der Waals surface area contributed by atoms with Crippen LogP contribution in [0.3, 0.4) is 0 Å². The van der Waals surface area contributed by atoms with Gasteiger partial charge in [-0.1, -0.05) is 0 Å². The van der Waals surface area contributed by atoms with Gasteiger partial charge in [0.25, 0.3) is 0 Å². The van der Waals surface area contributed by atoms with Crippen LogP contribution in [-0.2, 0) is 11.3 Å². The summed E-state index contributed by atoms with van der Waals surface area (Å²) in [5.74, 6) is 0.445. The molecular weight excluding hydrogens is 374 g/mol. The molecule has 30 heavy (non-hydrogen) atoms. The van der Waals surface area contributed by atoms with Crippen molar-refractivity contribution in [2.45, 2.75) is 58.2 Å². The lowest BCUT2D eigenvalue weighted by Crippen LogP contribution is -2.49. The van der Waals surface area contributed by atoms with Gasteiger partial charge in [-0.25, -0.2) is 0 Å². The summed E-state index contributed by atoms with van der Waals surface area (Å²) in [7, 11) is 0. The molecule has 6 nitrogen and oxygen atoms in total. The smallest absolute Gasteiger partial charge is 0.223 e. The Labute approximate surface area is 180 Å². The van der Waals surface area contributed by atoms with E-state index in [1.807, 2.05) is 32.3 Å². The van der Waals surface area contributed by atoms with Gasteiger partial charge in [0, 0.05) is 55.7 Å². The van der Waals surface area contributed by atoms with Crippen molar-refractivity contribution in [3.63, 3.8) is 0 Å². The van der Waals surface area contributed by atoms with Crippen molar-refractivity contribution in [3.8, 4) is 5.69 Å². The van der Waals surface area contributed by atoms with E-state index >= 15 is 0 Å². The highest BCUT2D eigenvalue weighted by Gasteiger charge is 2.30. The van der Waals surface area contributed by atoms with E-state index in [2.05, 4.69) is 49.1 Å². The summed E-state index contributed by atoms with van der Waals surface area (Å²) in [6, 6.07) is 9.33. The van der Waals surface area contributed by atoms with E-state index in [1.165, 1.54) is 18.5 Å². The molecule has 0 atom stereocenters. The Morgan fingerprint density at radius 3 is 2.53 bits per heavy atom. The molecule has 6 heteroatoms. The number of nitrogens with zero attached hydrogens (tertiary/aromatic N) is 4. The molecule has 2 aliphatic heterocycles. The summed E-state index contributed by atoms with van der Waals surface area (Å²) >= 11 is 0. The van der Waals surface area contributed by atoms with Crippen molar-refractivity contribution >= 4 is 5.91 Å². The number of hydrogen-bond acceptors (Lipinski definition) is 4. The van der Waals surface area contributed by atoms with Gasteiger partial charge in [0.05, 0.1) is 11.9 Å². The van der Waals surface area contributed by atoms with Gasteiger partial charge in [-0.05, 0) is 76.9 Å². The Morgan fingerprint density at radius 1 is 1.10 bits per heavy atom. The maximum Gasteiger partial charge on any atom is 0.223 e. The van der Waals surface area contributed by atoms with Crippen LogP contribution in [0, 0.1) is 5.92 Å². The minimum atomic E-state index is 0.198. The summed E-state index contributed by atoms with van der Waals surface area (Å²) in [4.78, 5) is 21.7. The fourth-order valence-electron chi connectivity index (χ4n) is 4.89. The molecule has 2 fully saturated rings. The maximum absolute atomic E-state index is 12.3. The number of amides is 1. The first-order valence-electron chi connectivity index (χ1n) is 11.4. The number of rotatable bonds is 6. The highest BCUT2D eigenvalue weighted by molar-refractivity contribution is 5.78. The first-order chi connectivity index (χ1) is 14.6. The highest BCUT2D eigenvalue weighted by atomic mass is 16.1. The summed E-state index contributed by atoms with van der Waals surface area (Å²) in [6.07, 6.45) is 10.3. The van der Waals surface area contributed by atoms with Crippen molar-refractivity contribution < 1.29 is 4.79 Å². The van der Waals surface area contributed by atoms with Crippen LogP contribution in [0.5, 0.6) is 0 Å². The number of pyridine rings is 1. The zero-order chi connectivity index (χ0) is 20.9. The summed E-state index contributed by atoms with van der Waals surface area (Å²) in [6.45, 7) is 9.44. The molecule has 4 heterocycles. The molecule has 0 saturated carbocycles. The van der Waals surface area contributed by atoms with E-state index in [1.54, 1.807) is 0 Å². The number of hydrogen-bond donors (Lipinski definition) is 1. The van der Waals surface area contributed by atoms with Crippen LogP contribution in [0.25, 0.3) is 5.69 Å². The summed E-state index contributed by atoms with van der Waals surface area (Å²) < 4.78 is 2.24. The van der Waals surface area contributed by atoms with Gasteiger partial charge in [0.2, 0.25) is 5.91 Å². The topological polar surface area (TPSA) is 53.4 Å². The lowest BCUT2D eigenvalue weighted by Gasteiger charge is -2.41. The lowest BCUT2D eigenvalue weighted by atomic mass is 9.92. The predicted octanol–water partition coefficient (Wildman–Crippen LogP) is 3.07. The van der Waals surface area contributed by atoms with Gasteiger partial charge in [-0.3, -0.25) is 14.7 Å². The van der Waals surface area contributed by atoms with Crippen LogP contribution in [0.1, 0.15) is 45.2 Å². The van der Waals surface area contributed by atoms with E-state index in [-0.39, 0.29) is 17.9 Å². The van der Waals surface area contributed by atoms with E-state index in [0.29, 0.717) is 6.04 Å². The third-order valence-corrected chi connectivity index (χ3v) is 6.55. The molecule has 0 spiro atoms. The molecule has 2 aromatic rings. The van der Waals surface area contributed by atoms with Gasteiger partial charge < -0.3 is 14.8 Å². The van der Waals surface area contributed by atoms with E-state index < -0.39 is 0 Å². The van der Waals surface area contributed by atoms with Crippen molar-refractivity contribution in [3.05, 3.63) is 48.5 Å². The van der Waals surface area contributed by atoms with Crippen molar-refractivity contribution in [1.29, 1.82) is 0 Å². The van der Waals surface area contributed by atoms with Crippen LogP contribution in [-0.4, -0.2) is 63.5 Å². The average Bonchev–Trinajstić information content (AvgIpc) is 3.23. The Hall–Kier alpha value is -2.18. The third-order valence-electron chi connectivity index (χ3n) is 6.55. The normalized spacial score (nSPS) is 20.0. The third kappa shape index (κ3) is 5.10. The summed E-state index contributed by atoms with van der Waals surface area (Å²) in [5, 5.41) is 3.08. The SMILES string of the molecule is CC(C)NC(=O)C1CCN(C2CCN(Cc3cccn3-c3cccnc3)CC2)CC1. The van der Waals surface area contributed by atoms with Crippen LogP contribution in [0.2, 0.25) is 0 Å². The molecule has 0 unspecified atom stereocenters. The monoisotopic (exact) mass is 409 g/mol. The van der Waals surface area contributed by atoms with Crippen LogP contribution < -0.4 is 5.32 Å². The van der Waals surface area contributed by atoms with Gasteiger partial charge in [0.1, 0.15) is 0 Å². The molecule has 0 bridgehead atoms. The number of nitrogens with one attached hydrogen (secondary N) is 1. The van der Waals surface area contributed by atoms with E-state index in [4.69, 9.17) is 0 Å². The lowest BCUT2D eigenvalue weighted by molar-refractivity contribution is -0.127. The molecule has 2 saturated heterocycles. The van der Waals surface area contributed by atoms with Gasteiger partial charge >= 0.3 is 0 Å². The molecule has 2 aromatic heterocycles. The fourth-order valence-corrected chi connectivity index (χ4v) is 4.89. The second-order valence-corrected chi connectivity index (χ2v) is 9.06. The standard InChI is InChI=1S/C24H35N5O/c1-19(2)26-24(30)20-7-15-28(16-8-20)21-9-13-27(14-10-21)18-23-6-4-12-29(23)22-5-3-11-25-17-22/h3-6,11-12,17,19-21H,7-10,13-16,18H2,1-2H3,(H,26,30). The number of carbonyl (C=O) groups excluding carboxylic acids is 1. The largest absolute Gasteiger partial charge is 0.354 e. The zero-order valence-electron chi connectivity index (χ0n) is 18.3. The quantitative estimate of drug-likeness (QED) is 0.797. The molecular formula is C24H35N5O. The van der Waals surface area contributed by atoms with E-state index in [0.717, 1.165) is 51.3 Å². The molecule has 1 N–H and O–H groups in total. The highest BCUT2D eigenvalue weighted by Crippen LogP contribution is 2.25. The van der Waals surface area contributed by atoms with Crippen molar-refractivity contribution in [2.24, 2.45) is 5.92 Å². The minimum Gasteiger partial charge on any atom is -0.354 e. The molecule has 2 aliphatic rings. The number of likely N-dealkylation sites (tertiary alicyclic amines) is 2. The first kappa shape index (κ1) is 21.1. The van der Waals surface area contributed by atoms with Crippen LogP contribution in [0.15, 0.2) is 42.9 Å². The molecule has 4 rings (SSSR count). The second kappa shape index (κ2) is 9.75. The molecule has 1 amide bonds. The average molecular weight is 410 g/mol. The first-order valence-corrected chi connectivity index (χ1v) is 11.4. The molecule has 0 aliphatic carbocycles. The van der Waals surface area contributed by atoms with Gasteiger partial charge in [0.15, 0.2) is 0 Å². The van der Waals surface area contributed by atoms with Crippen molar-refractivity contribution in [1.82, 2.24) is 24.7 Å². The number of piperidine rings is 2. The molecule has 0 radical (unpaired) electrons. The minimum absolute atomic E-state index is 0.198. The van der Waals surface area contributed by atoms with Gasteiger partial charge in [-0.2, -0.15) is 0 Å². The second-order valence-electron chi connectivity index (χ2n) is 9.06. The number of carbonyl (C=O) groups is 1. The van der Waals surface area contributed by atoms with Crippen LogP contribution >= 0.6 is 0 Å². The maximum atomic E-state index is 12.3. The Kier molecular flexibility index (Phi) is 6.85. The zero-order valence-corrected chi connectivity index (χ0v) is 18.3. The Balaban J connectivity index is 1.25.